The predicted molar refractivity (Wildman–Crippen MR) is 142 cm³/mol. The summed E-state index contributed by atoms with van der Waals surface area (Å²) < 4.78 is 3.71. The van der Waals surface area contributed by atoms with E-state index in [1.165, 1.54) is 5.56 Å². The van der Waals surface area contributed by atoms with Crippen LogP contribution in [0, 0.1) is 27.7 Å². The highest BCUT2D eigenvalue weighted by atomic mass is 32.1. The fraction of sp³-hybridized carbons (Fsp3) is 0.565. The highest BCUT2D eigenvalue weighted by molar-refractivity contribution is 7.09. The van der Waals surface area contributed by atoms with Gasteiger partial charge in [-0.2, -0.15) is 10.2 Å². The van der Waals surface area contributed by atoms with Gasteiger partial charge in [-0.25, -0.2) is 9.97 Å². The quantitative estimate of drug-likeness (QED) is 0.318. The van der Waals surface area contributed by atoms with Crippen LogP contribution < -0.4 is 0 Å². The summed E-state index contributed by atoms with van der Waals surface area (Å²) in [6, 6.07) is 0. The minimum absolute atomic E-state index is 0. The zero-order valence-electron chi connectivity index (χ0n) is 18.0. The average molecular weight is 456 g/mol. The molecule has 3 aromatic rings. The summed E-state index contributed by atoms with van der Waals surface area (Å²) in [6.07, 6.45) is 9.31. The average Bonchev–Trinajstić information content (AvgIpc) is 3.24. The van der Waals surface area contributed by atoms with Gasteiger partial charge in [-0.1, -0.05) is 29.7 Å². The highest BCUT2D eigenvalue weighted by Crippen LogP contribution is 2.04. The molecule has 0 spiro atoms. The lowest BCUT2D eigenvalue weighted by Crippen LogP contribution is -2.00. The largest absolute Gasteiger partial charge is 0.340 e. The second-order valence-electron chi connectivity index (χ2n) is 6.10. The Bertz CT molecular complexity index is 630. The van der Waals surface area contributed by atoms with Crippen LogP contribution in [0.15, 0.2) is 35.4 Å². The van der Waals surface area contributed by atoms with E-state index in [0.29, 0.717) is 0 Å². The summed E-state index contributed by atoms with van der Waals surface area (Å²) in [7, 11) is 7.65. The van der Waals surface area contributed by atoms with Crippen LogP contribution in [-0.2, 0) is 14.1 Å². The maximum Gasteiger partial charge on any atom is 0.0946 e. The van der Waals surface area contributed by atoms with Crippen molar-refractivity contribution in [1.82, 2.24) is 29.3 Å². The molecule has 3 aromatic heterocycles. The molecule has 0 saturated carbocycles. The van der Waals surface area contributed by atoms with Gasteiger partial charge in [-0.3, -0.25) is 4.68 Å². The van der Waals surface area contributed by atoms with E-state index in [1.54, 1.807) is 33.6 Å². The zero-order valence-corrected chi connectivity index (χ0v) is 18.8. The number of imidazole rings is 1. The highest BCUT2D eigenvalue weighted by Gasteiger charge is 1.86. The fourth-order valence-corrected chi connectivity index (χ4v) is 2.38. The third kappa shape index (κ3) is 23.7. The van der Waals surface area contributed by atoms with Gasteiger partial charge in [0.05, 0.1) is 23.2 Å². The van der Waals surface area contributed by atoms with Gasteiger partial charge in [0.1, 0.15) is 0 Å². The van der Waals surface area contributed by atoms with E-state index in [4.69, 9.17) is 0 Å². The van der Waals surface area contributed by atoms with Crippen molar-refractivity contribution in [3.05, 3.63) is 52.3 Å². The van der Waals surface area contributed by atoms with Crippen molar-refractivity contribution < 1.29 is 0 Å². The SMILES string of the molecule is C.C.C.C.C/C=N/N(C)C.Cc1cn(C)cn1.Cc1cnn(C)c1.Cc1csc(C)n1. The molecule has 3 heterocycles. The molecule has 0 aliphatic heterocycles. The number of aromatic nitrogens is 5. The first kappa shape index (κ1) is 39.0. The lowest BCUT2D eigenvalue weighted by molar-refractivity contribution is 0.440. The first-order valence-corrected chi connectivity index (χ1v) is 9.46. The second kappa shape index (κ2) is 22.2. The van der Waals surface area contributed by atoms with E-state index in [1.807, 2.05) is 86.0 Å². The van der Waals surface area contributed by atoms with Crippen molar-refractivity contribution in [2.45, 2.75) is 64.3 Å². The maximum atomic E-state index is 4.13. The lowest BCUT2D eigenvalue weighted by atomic mass is 10.4. The fourth-order valence-electron chi connectivity index (χ4n) is 1.79. The number of hydrogen-bond acceptors (Lipinski definition) is 6. The number of hydrogen-bond donors (Lipinski definition) is 0. The predicted octanol–water partition coefficient (Wildman–Crippen LogP) is 6.32. The van der Waals surface area contributed by atoms with Gasteiger partial charge >= 0.3 is 0 Å². The van der Waals surface area contributed by atoms with Gasteiger partial charge in [0.25, 0.3) is 0 Å². The summed E-state index contributed by atoms with van der Waals surface area (Å²) in [5.41, 5.74) is 3.41. The van der Waals surface area contributed by atoms with Gasteiger partial charge in [-0.15, -0.1) is 11.3 Å². The molecule has 0 saturated heterocycles. The molecule has 0 aliphatic rings. The summed E-state index contributed by atoms with van der Waals surface area (Å²) in [4.78, 5) is 8.11. The first-order valence-electron chi connectivity index (χ1n) is 8.58. The van der Waals surface area contributed by atoms with Crippen LogP contribution in [0.2, 0.25) is 0 Å². The van der Waals surface area contributed by atoms with Gasteiger partial charge < -0.3 is 9.58 Å². The molecule has 0 aromatic carbocycles. The van der Waals surface area contributed by atoms with Crippen molar-refractivity contribution in [3.8, 4) is 0 Å². The summed E-state index contributed by atoms with van der Waals surface area (Å²) >= 11 is 1.69. The zero-order chi connectivity index (χ0) is 20.8. The molecule has 3 rings (SSSR count). The molecule has 0 unspecified atom stereocenters. The molecule has 0 amide bonds. The summed E-state index contributed by atoms with van der Waals surface area (Å²) in [5, 5.41) is 12.7. The molecule has 31 heavy (non-hydrogen) atoms. The van der Waals surface area contributed by atoms with E-state index >= 15 is 0 Å². The Kier molecular flexibility index (Phi) is 28.0. The van der Waals surface area contributed by atoms with Crippen LogP contribution in [0.5, 0.6) is 0 Å². The van der Waals surface area contributed by atoms with Crippen molar-refractivity contribution in [1.29, 1.82) is 0 Å². The molecular formula is C23H49N7S. The van der Waals surface area contributed by atoms with Gasteiger partial charge in [0.2, 0.25) is 0 Å². The Balaban J connectivity index is -0.0000000932. The molecule has 0 atom stereocenters. The Morgan fingerprint density at radius 1 is 0.968 bits per heavy atom. The molecule has 0 bridgehead atoms. The topological polar surface area (TPSA) is 64.1 Å². The van der Waals surface area contributed by atoms with Crippen LogP contribution >= 0.6 is 11.3 Å². The van der Waals surface area contributed by atoms with Gasteiger partial charge in [-0.05, 0) is 40.2 Å². The molecule has 7 nitrogen and oxygen atoms in total. The minimum Gasteiger partial charge on any atom is -0.340 e. The van der Waals surface area contributed by atoms with E-state index in [2.05, 4.69) is 25.5 Å². The minimum atomic E-state index is 0. The number of nitrogens with zero attached hydrogens (tertiary/aromatic N) is 7. The molecule has 182 valence electrons. The third-order valence-corrected chi connectivity index (χ3v) is 3.64. The van der Waals surface area contributed by atoms with Crippen LogP contribution in [-0.4, -0.2) is 49.6 Å². The van der Waals surface area contributed by atoms with Crippen molar-refractivity contribution in [2.24, 2.45) is 19.2 Å². The van der Waals surface area contributed by atoms with Crippen LogP contribution in [0.3, 0.4) is 0 Å². The molecule has 0 fully saturated rings. The Hall–Kier alpha value is -2.48. The number of rotatable bonds is 1. The Morgan fingerprint density at radius 2 is 1.55 bits per heavy atom. The molecule has 0 N–H and O–H groups in total. The summed E-state index contributed by atoms with van der Waals surface area (Å²) in [5.74, 6) is 0. The lowest BCUT2D eigenvalue weighted by Gasteiger charge is -1.98. The normalized spacial score (nSPS) is 8.29. The number of hydrazone groups is 1. The van der Waals surface area contributed by atoms with Crippen molar-refractivity contribution in [2.75, 3.05) is 14.1 Å². The van der Waals surface area contributed by atoms with E-state index in [9.17, 15) is 0 Å². The van der Waals surface area contributed by atoms with E-state index < -0.39 is 0 Å². The smallest absolute Gasteiger partial charge is 0.0946 e. The number of aryl methyl sites for hydroxylation is 6. The van der Waals surface area contributed by atoms with Crippen LogP contribution in [0.25, 0.3) is 0 Å². The van der Waals surface area contributed by atoms with Gasteiger partial charge in [0, 0.05) is 57.9 Å². The van der Waals surface area contributed by atoms with Crippen molar-refractivity contribution in [3.63, 3.8) is 0 Å². The molecule has 0 aliphatic carbocycles. The van der Waals surface area contributed by atoms with E-state index in [-0.39, 0.29) is 29.7 Å². The third-order valence-electron chi connectivity index (χ3n) is 2.75. The summed E-state index contributed by atoms with van der Waals surface area (Å²) in [6.45, 7) is 9.90. The molecule has 8 heteroatoms. The van der Waals surface area contributed by atoms with Crippen LogP contribution in [0.4, 0.5) is 0 Å². The standard InChI is InChI=1S/2C5H8N2.C5H7NS.C4H10N2.4CH4/c1-5-3-7(2)4-6-5;1-5-3-6-7(2)4-5;1-4-3-7-5(2)6-4;1-4-5-6(2)3;;;;/h2*3-4H,1-2H3;3H,1-2H3;4H,1-3H3;4*1H4/b;;;5-4+;;;;. The molecule has 0 radical (unpaired) electrons. The monoisotopic (exact) mass is 455 g/mol. The number of thiazole rings is 1. The molecular weight excluding hydrogens is 406 g/mol. The Labute approximate surface area is 196 Å². The van der Waals surface area contributed by atoms with Crippen molar-refractivity contribution >= 4 is 17.6 Å². The van der Waals surface area contributed by atoms with E-state index in [0.717, 1.165) is 16.4 Å². The van der Waals surface area contributed by atoms with Crippen LogP contribution in [0.1, 0.15) is 58.6 Å². The maximum absolute atomic E-state index is 4.13. The van der Waals surface area contributed by atoms with Gasteiger partial charge in [0.15, 0.2) is 0 Å². The second-order valence-corrected chi connectivity index (χ2v) is 7.16. The Morgan fingerprint density at radius 3 is 1.65 bits per heavy atom. The first-order chi connectivity index (χ1) is 12.6.